The molecule has 1 aromatic carbocycles. The normalized spacial score (nSPS) is 24.1. The van der Waals surface area contributed by atoms with Gasteiger partial charge in [0.05, 0.1) is 6.10 Å². The highest BCUT2D eigenvalue weighted by atomic mass is 79.9. The Kier molecular flexibility index (Phi) is 4.25. The molecule has 0 radical (unpaired) electrons. The van der Waals surface area contributed by atoms with Gasteiger partial charge in [0.25, 0.3) is 0 Å². The molecule has 1 heterocycles. The minimum Gasteiger partial charge on any atom is -0.391 e. The van der Waals surface area contributed by atoms with Gasteiger partial charge in [0, 0.05) is 28.8 Å². The summed E-state index contributed by atoms with van der Waals surface area (Å²) in [6, 6.07) is 5.90. The second kappa shape index (κ2) is 5.55. The van der Waals surface area contributed by atoms with Gasteiger partial charge in [-0.15, -0.1) is 0 Å². The molecule has 0 aliphatic carbocycles. The van der Waals surface area contributed by atoms with Crippen molar-refractivity contribution in [1.29, 1.82) is 0 Å². The summed E-state index contributed by atoms with van der Waals surface area (Å²) in [5.41, 5.74) is 7.65. The number of nitrogens with two attached hydrogens (primary N) is 1. The fourth-order valence-corrected chi connectivity index (χ4v) is 3.20. The zero-order chi connectivity index (χ0) is 13.3. The maximum Gasteiger partial charge on any atom is 0.107 e. The Hall–Kier alpha value is -0.650. The van der Waals surface area contributed by atoms with Crippen LogP contribution in [0.2, 0.25) is 0 Å². The van der Waals surface area contributed by atoms with Gasteiger partial charge in [0.2, 0.25) is 0 Å². The van der Waals surface area contributed by atoms with E-state index >= 15 is 0 Å². The SMILES string of the molecule is CC1CCN(c2cccc(Br)c2C(N)=S)CC1O. The molecule has 0 amide bonds. The Morgan fingerprint density at radius 1 is 1.56 bits per heavy atom. The summed E-state index contributed by atoms with van der Waals surface area (Å²) >= 11 is 8.60. The Labute approximate surface area is 121 Å². The molecule has 98 valence electrons. The number of anilines is 1. The molecule has 0 saturated carbocycles. The van der Waals surface area contributed by atoms with Gasteiger partial charge in [-0.1, -0.05) is 25.2 Å². The number of benzene rings is 1. The summed E-state index contributed by atoms with van der Waals surface area (Å²) in [6.45, 7) is 3.63. The van der Waals surface area contributed by atoms with E-state index in [1.807, 2.05) is 18.2 Å². The van der Waals surface area contributed by atoms with Gasteiger partial charge in [0.1, 0.15) is 4.99 Å². The van der Waals surface area contributed by atoms with Crippen molar-refractivity contribution in [2.75, 3.05) is 18.0 Å². The number of nitrogens with zero attached hydrogens (tertiary/aromatic N) is 1. The van der Waals surface area contributed by atoms with Crippen molar-refractivity contribution in [2.45, 2.75) is 19.4 Å². The van der Waals surface area contributed by atoms with Crippen molar-refractivity contribution >= 4 is 38.8 Å². The smallest absolute Gasteiger partial charge is 0.107 e. The number of piperidine rings is 1. The first-order valence-corrected chi connectivity index (χ1v) is 7.22. The lowest BCUT2D eigenvalue weighted by Gasteiger charge is -2.36. The third-order valence-corrected chi connectivity index (χ3v) is 4.36. The van der Waals surface area contributed by atoms with E-state index in [-0.39, 0.29) is 6.10 Å². The first kappa shape index (κ1) is 13.8. The number of thiocarbonyl (C=S) groups is 1. The first-order valence-electron chi connectivity index (χ1n) is 6.02. The summed E-state index contributed by atoms with van der Waals surface area (Å²) in [4.78, 5) is 2.54. The molecule has 1 aliphatic heterocycles. The second-order valence-electron chi connectivity index (χ2n) is 4.78. The molecule has 2 unspecified atom stereocenters. The van der Waals surface area contributed by atoms with E-state index < -0.39 is 0 Å². The largest absolute Gasteiger partial charge is 0.391 e. The number of rotatable bonds is 2. The van der Waals surface area contributed by atoms with Crippen LogP contribution in [0.25, 0.3) is 0 Å². The number of hydrogen-bond acceptors (Lipinski definition) is 3. The molecule has 1 saturated heterocycles. The maximum absolute atomic E-state index is 9.99. The van der Waals surface area contributed by atoms with Crippen molar-refractivity contribution < 1.29 is 5.11 Å². The number of β-amino-alcohol motifs (C(OH)–C–C–N with tert-alkyl or cyclic N) is 1. The fourth-order valence-electron chi connectivity index (χ4n) is 2.29. The summed E-state index contributed by atoms with van der Waals surface area (Å²) in [6.07, 6.45) is 0.682. The number of aliphatic hydroxyl groups is 1. The van der Waals surface area contributed by atoms with E-state index in [0.29, 0.717) is 17.5 Å². The van der Waals surface area contributed by atoms with Crippen LogP contribution in [0.5, 0.6) is 0 Å². The van der Waals surface area contributed by atoms with E-state index in [1.54, 1.807) is 0 Å². The molecule has 18 heavy (non-hydrogen) atoms. The Bertz CT molecular complexity index is 466. The summed E-state index contributed by atoms with van der Waals surface area (Å²) < 4.78 is 0.903. The highest BCUT2D eigenvalue weighted by Crippen LogP contribution is 2.30. The average Bonchev–Trinajstić information content (AvgIpc) is 2.32. The lowest BCUT2D eigenvalue weighted by molar-refractivity contribution is 0.103. The standard InChI is InChI=1S/C13H17BrN2OS/c1-8-5-6-16(7-11(8)17)10-4-2-3-9(14)12(10)13(15)18/h2-4,8,11,17H,5-7H2,1H3,(H2,15,18). The van der Waals surface area contributed by atoms with Gasteiger partial charge in [-0.2, -0.15) is 0 Å². The van der Waals surface area contributed by atoms with Crippen LogP contribution in [0.4, 0.5) is 5.69 Å². The summed E-state index contributed by atoms with van der Waals surface area (Å²) in [7, 11) is 0. The Balaban J connectivity index is 2.34. The molecule has 3 nitrogen and oxygen atoms in total. The zero-order valence-electron chi connectivity index (χ0n) is 10.3. The van der Waals surface area contributed by atoms with E-state index in [1.165, 1.54) is 0 Å². The molecule has 1 fully saturated rings. The van der Waals surface area contributed by atoms with Crippen LogP contribution in [0.3, 0.4) is 0 Å². The summed E-state index contributed by atoms with van der Waals surface area (Å²) in [5.74, 6) is 0.349. The Morgan fingerprint density at radius 2 is 2.28 bits per heavy atom. The minimum atomic E-state index is -0.295. The van der Waals surface area contributed by atoms with Crippen molar-refractivity contribution in [3.63, 3.8) is 0 Å². The zero-order valence-corrected chi connectivity index (χ0v) is 12.7. The van der Waals surface area contributed by atoms with Crippen LogP contribution in [-0.2, 0) is 0 Å². The fraction of sp³-hybridized carbons (Fsp3) is 0.462. The van der Waals surface area contributed by atoms with Crippen LogP contribution in [-0.4, -0.2) is 29.3 Å². The molecular weight excluding hydrogens is 312 g/mol. The van der Waals surface area contributed by atoms with Crippen LogP contribution >= 0.6 is 28.1 Å². The molecule has 0 aromatic heterocycles. The quantitative estimate of drug-likeness (QED) is 0.818. The molecule has 1 aromatic rings. The monoisotopic (exact) mass is 328 g/mol. The topological polar surface area (TPSA) is 49.5 Å². The first-order chi connectivity index (χ1) is 8.50. The molecule has 2 rings (SSSR count). The van der Waals surface area contributed by atoms with E-state index in [0.717, 1.165) is 28.7 Å². The minimum absolute atomic E-state index is 0.295. The van der Waals surface area contributed by atoms with Crippen molar-refractivity contribution in [3.8, 4) is 0 Å². The van der Waals surface area contributed by atoms with Crippen molar-refractivity contribution in [3.05, 3.63) is 28.2 Å². The third kappa shape index (κ3) is 2.68. The Morgan fingerprint density at radius 3 is 2.89 bits per heavy atom. The van der Waals surface area contributed by atoms with E-state index in [4.69, 9.17) is 18.0 Å². The number of hydrogen-bond donors (Lipinski definition) is 2. The molecule has 0 bridgehead atoms. The summed E-state index contributed by atoms with van der Waals surface area (Å²) in [5, 5.41) is 9.99. The van der Waals surface area contributed by atoms with Gasteiger partial charge < -0.3 is 15.7 Å². The van der Waals surface area contributed by atoms with Crippen LogP contribution in [0, 0.1) is 5.92 Å². The second-order valence-corrected chi connectivity index (χ2v) is 6.07. The van der Waals surface area contributed by atoms with Gasteiger partial charge in [-0.05, 0) is 40.4 Å². The predicted molar refractivity (Wildman–Crippen MR) is 82.0 cm³/mol. The van der Waals surface area contributed by atoms with Crippen molar-refractivity contribution in [2.24, 2.45) is 11.7 Å². The molecular formula is C13H17BrN2OS. The van der Waals surface area contributed by atoms with Gasteiger partial charge >= 0.3 is 0 Å². The molecule has 0 spiro atoms. The predicted octanol–water partition coefficient (Wildman–Crippen LogP) is 2.29. The lowest BCUT2D eigenvalue weighted by Crippen LogP contribution is -2.43. The van der Waals surface area contributed by atoms with Gasteiger partial charge in [-0.25, -0.2) is 0 Å². The van der Waals surface area contributed by atoms with E-state index in [2.05, 4.69) is 27.8 Å². The van der Waals surface area contributed by atoms with E-state index in [9.17, 15) is 5.11 Å². The molecule has 1 aliphatic rings. The van der Waals surface area contributed by atoms with Crippen LogP contribution in [0.15, 0.2) is 22.7 Å². The molecule has 3 N–H and O–H groups in total. The highest BCUT2D eigenvalue weighted by Gasteiger charge is 2.26. The highest BCUT2D eigenvalue weighted by molar-refractivity contribution is 9.10. The number of halogens is 1. The molecule has 5 heteroatoms. The molecule has 2 atom stereocenters. The van der Waals surface area contributed by atoms with Crippen LogP contribution < -0.4 is 10.6 Å². The third-order valence-electron chi connectivity index (χ3n) is 3.50. The maximum atomic E-state index is 9.99. The number of aliphatic hydroxyl groups excluding tert-OH is 1. The van der Waals surface area contributed by atoms with Crippen molar-refractivity contribution in [1.82, 2.24) is 0 Å². The van der Waals surface area contributed by atoms with Gasteiger partial charge in [0.15, 0.2) is 0 Å². The van der Waals surface area contributed by atoms with Crippen LogP contribution in [0.1, 0.15) is 18.9 Å². The lowest BCUT2D eigenvalue weighted by atomic mass is 9.95. The van der Waals surface area contributed by atoms with Gasteiger partial charge in [-0.3, -0.25) is 0 Å². The average molecular weight is 329 g/mol.